The number of hydrogen-bond acceptors (Lipinski definition) is 4. The predicted molar refractivity (Wildman–Crippen MR) is 77.0 cm³/mol. The van der Waals surface area contributed by atoms with Gasteiger partial charge in [-0.3, -0.25) is 0 Å². The van der Waals surface area contributed by atoms with E-state index in [1.807, 2.05) is 0 Å². The number of benzene rings is 1. The second-order valence-corrected chi connectivity index (χ2v) is 7.30. The molecule has 1 aromatic rings. The van der Waals surface area contributed by atoms with Gasteiger partial charge in [0.15, 0.2) is 0 Å². The highest BCUT2D eigenvalue weighted by molar-refractivity contribution is 7.91. The summed E-state index contributed by atoms with van der Waals surface area (Å²) in [5.41, 5.74) is -1.13. The Hall–Kier alpha value is -1.41. The van der Waals surface area contributed by atoms with Crippen molar-refractivity contribution < 1.29 is 17.7 Å². The molecule has 116 valence electrons. The smallest absolute Gasteiger partial charge is 0.416 e. The van der Waals surface area contributed by atoms with E-state index in [1.165, 1.54) is 13.0 Å². The zero-order chi connectivity index (χ0) is 16.4. The fourth-order valence-electron chi connectivity index (χ4n) is 1.35. The Morgan fingerprint density at radius 3 is 2.19 bits per heavy atom. The van der Waals surface area contributed by atoms with Gasteiger partial charge in [-0.05, 0) is 51.1 Å². The molecule has 1 rings (SSSR count). The van der Waals surface area contributed by atoms with Crippen LogP contribution in [0.5, 0.6) is 0 Å². The molecule has 8 heteroatoms. The van der Waals surface area contributed by atoms with Crippen molar-refractivity contribution in [3.05, 3.63) is 34.2 Å². The third-order valence-electron chi connectivity index (χ3n) is 2.51. The first-order valence-electron chi connectivity index (χ1n) is 5.98. The first-order chi connectivity index (χ1) is 9.45. The Balaban J connectivity index is 3.30. The summed E-state index contributed by atoms with van der Waals surface area (Å²) in [5.74, 6) is 0. The summed E-state index contributed by atoms with van der Waals surface area (Å²) in [6, 6.07) is 2.69. The van der Waals surface area contributed by atoms with E-state index < -0.39 is 27.8 Å². The molecular weight excluding hydrogens is 305 g/mol. The Kier molecular flexibility index (Phi) is 5.16. The molecule has 1 atom stereocenters. The summed E-state index contributed by atoms with van der Waals surface area (Å²) in [7, 11) is 0. The average molecular weight is 320 g/mol. The fraction of sp³-hybridized carbons (Fsp3) is 0.462. The second kappa shape index (κ2) is 6.15. The Bertz CT molecular complexity index is 566. The topological polar surface area (TPSA) is 64.8 Å². The molecule has 0 aliphatic rings. The fourth-order valence-corrected chi connectivity index (χ4v) is 1.98. The quantitative estimate of drug-likeness (QED) is 0.471. The van der Waals surface area contributed by atoms with Crippen LogP contribution in [0.3, 0.4) is 0 Å². The van der Waals surface area contributed by atoms with Crippen LogP contribution < -0.4 is 0 Å². The first-order valence-corrected chi connectivity index (χ1v) is 7.09. The van der Waals surface area contributed by atoms with Crippen LogP contribution in [0.1, 0.15) is 38.8 Å². The summed E-state index contributed by atoms with van der Waals surface area (Å²) in [4.78, 5) is 10.5. The SMILES string of the molecule is C/C(=N\[S@+]([O-])C(C)(C)C)c1cc(N=O)cc(C(F)(F)F)c1. The van der Waals surface area contributed by atoms with Gasteiger partial charge in [0.2, 0.25) is 0 Å². The Labute approximate surface area is 123 Å². The van der Waals surface area contributed by atoms with Crippen molar-refractivity contribution in [3.63, 3.8) is 0 Å². The zero-order valence-corrected chi connectivity index (χ0v) is 12.8. The van der Waals surface area contributed by atoms with Crippen molar-refractivity contribution in [2.45, 2.75) is 38.6 Å². The average Bonchev–Trinajstić information content (AvgIpc) is 2.35. The lowest BCUT2D eigenvalue weighted by atomic mass is 10.1. The first kappa shape index (κ1) is 17.6. The summed E-state index contributed by atoms with van der Waals surface area (Å²) < 4.78 is 53.4. The van der Waals surface area contributed by atoms with E-state index in [1.54, 1.807) is 20.8 Å². The standard InChI is InChI=1S/C13H15F3N2O2S/c1-8(18-21(20)12(2,3)4)9-5-10(13(14,15)16)7-11(6-9)17-19/h5-7H,1-4H3/b18-8+/t21-/m1/s1. The molecule has 4 nitrogen and oxygen atoms in total. The lowest BCUT2D eigenvalue weighted by molar-refractivity contribution is -0.137. The van der Waals surface area contributed by atoms with Crippen LogP contribution in [0.4, 0.5) is 18.9 Å². The summed E-state index contributed by atoms with van der Waals surface area (Å²) in [6.07, 6.45) is -4.60. The van der Waals surface area contributed by atoms with Crippen molar-refractivity contribution in [1.29, 1.82) is 0 Å². The number of hydrogen-bond donors (Lipinski definition) is 0. The molecule has 0 amide bonds. The van der Waals surface area contributed by atoms with Gasteiger partial charge in [0, 0.05) is 5.56 Å². The highest BCUT2D eigenvalue weighted by atomic mass is 32.2. The van der Waals surface area contributed by atoms with Crippen LogP contribution in [0, 0.1) is 4.91 Å². The Morgan fingerprint density at radius 2 is 1.76 bits per heavy atom. The maximum Gasteiger partial charge on any atom is 0.416 e. The van der Waals surface area contributed by atoms with Crippen LogP contribution in [-0.2, 0) is 17.5 Å². The van der Waals surface area contributed by atoms with Crippen molar-refractivity contribution in [3.8, 4) is 0 Å². The number of halogens is 3. The largest absolute Gasteiger partial charge is 0.591 e. The van der Waals surface area contributed by atoms with Gasteiger partial charge in [-0.15, -0.1) is 4.91 Å². The zero-order valence-electron chi connectivity index (χ0n) is 12.0. The van der Waals surface area contributed by atoms with Gasteiger partial charge in [-0.2, -0.15) is 13.2 Å². The lowest BCUT2D eigenvalue weighted by Gasteiger charge is -2.19. The van der Waals surface area contributed by atoms with E-state index in [0.29, 0.717) is 6.07 Å². The number of alkyl halides is 3. The molecule has 0 heterocycles. The van der Waals surface area contributed by atoms with Gasteiger partial charge in [-0.25, -0.2) is 0 Å². The van der Waals surface area contributed by atoms with E-state index in [0.717, 1.165) is 6.07 Å². The minimum Gasteiger partial charge on any atom is -0.591 e. The molecule has 0 radical (unpaired) electrons. The highest BCUT2D eigenvalue weighted by Gasteiger charge is 2.32. The van der Waals surface area contributed by atoms with Gasteiger partial charge in [-0.1, -0.05) is 4.40 Å². The van der Waals surface area contributed by atoms with E-state index >= 15 is 0 Å². The minimum atomic E-state index is -4.60. The van der Waals surface area contributed by atoms with Gasteiger partial charge >= 0.3 is 6.18 Å². The molecule has 0 saturated carbocycles. The van der Waals surface area contributed by atoms with Gasteiger partial charge in [0.1, 0.15) is 21.8 Å². The third-order valence-corrected chi connectivity index (χ3v) is 4.00. The van der Waals surface area contributed by atoms with Gasteiger partial charge in [0.25, 0.3) is 0 Å². The third kappa shape index (κ3) is 4.82. The molecule has 1 aromatic carbocycles. The molecule has 0 aromatic heterocycles. The molecule has 0 aliphatic carbocycles. The normalized spacial score (nSPS) is 15.0. The molecule has 0 bridgehead atoms. The predicted octanol–water partition coefficient (Wildman–Crippen LogP) is 4.37. The van der Waals surface area contributed by atoms with Crippen molar-refractivity contribution in [2.75, 3.05) is 0 Å². The van der Waals surface area contributed by atoms with Gasteiger partial charge < -0.3 is 4.55 Å². The maximum atomic E-state index is 12.8. The maximum absolute atomic E-state index is 12.8. The van der Waals surface area contributed by atoms with Crippen molar-refractivity contribution in [2.24, 2.45) is 9.57 Å². The van der Waals surface area contributed by atoms with E-state index in [9.17, 15) is 22.6 Å². The molecule has 0 N–H and O–H groups in total. The second-order valence-electron chi connectivity index (χ2n) is 5.40. The van der Waals surface area contributed by atoms with Crippen LogP contribution in [0.2, 0.25) is 0 Å². The summed E-state index contributed by atoms with van der Waals surface area (Å²) in [5, 5.41) is 2.53. The molecule has 0 saturated heterocycles. The van der Waals surface area contributed by atoms with E-state index in [-0.39, 0.29) is 17.0 Å². The monoisotopic (exact) mass is 320 g/mol. The van der Waals surface area contributed by atoms with Crippen molar-refractivity contribution >= 4 is 22.8 Å². The highest BCUT2D eigenvalue weighted by Crippen LogP contribution is 2.33. The molecule has 21 heavy (non-hydrogen) atoms. The van der Waals surface area contributed by atoms with E-state index in [4.69, 9.17) is 0 Å². The molecule has 0 unspecified atom stereocenters. The minimum absolute atomic E-state index is 0.0667. The van der Waals surface area contributed by atoms with Crippen LogP contribution >= 0.6 is 0 Å². The summed E-state index contributed by atoms with van der Waals surface area (Å²) in [6.45, 7) is 6.53. The number of nitroso groups, excluding NO2 is 1. The molecular formula is C13H15F3N2O2S. The Morgan fingerprint density at radius 1 is 1.19 bits per heavy atom. The van der Waals surface area contributed by atoms with Crippen LogP contribution in [-0.4, -0.2) is 15.0 Å². The molecule has 0 spiro atoms. The van der Waals surface area contributed by atoms with Gasteiger partial charge in [0.05, 0.1) is 11.3 Å². The summed E-state index contributed by atoms with van der Waals surface area (Å²) >= 11 is -1.61. The van der Waals surface area contributed by atoms with Crippen molar-refractivity contribution in [1.82, 2.24) is 0 Å². The lowest BCUT2D eigenvalue weighted by Crippen LogP contribution is -2.26. The number of rotatable bonds is 3. The number of nitrogens with zero attached hydrogens (tertiary/aromatic N) is 2. The molecule has 0 aliphatic heterocycles. The van der Waals surface area contributed by atoms with Crippen LogP contribution in [0.25, 0.3) is 0 Å². The molecule has 0 fully saturated rings. The van der Waals surface area contributed by atoms with E-state index in [2.05, 4.69) is 9.57 Å². The van der Waals surface area contributed by atoms with Crippen LogP contribution in [0.15, 0.2) is 27.8 Å².